The molecule has 1 N–H and O–H groups in total. The number of halogens is 3. The van der Waals surface area contributed by atoms with Crippen molar-refractivity contribution in [1.29, 1.82) is 0 Å². The van der Waals surface area contributed by atoms with E-state index in [0.29, 0.717) is 4.47 Å². The van der Waals surface area contributed by atoms with Crippen LogP contribution in [0.3, 0.4) is 0 Å². The Labute approximate surface area is 101 Å². The van der Waals surface area contributed by atoms with E-state index in [2.05, 4.69) is 15.9 Å². The lowest BCUT2D eigenvalue weighted by atomic mass is 9.98. The molecule has 0 amide bonds. The monoisotopic (exact) mass is 288 g/mol. The lowest BCUT2D eigenvalue weighted by molar-refractivity contribution is 0.0967. The number of fused-ring (bicyclic) bond motifs is 1. The van der Waals surface area contributed by atoms with Crippen molar-refractivity contribution in [3.8, 4) is 0 Å². The van der Waals surface area contributed by atoms with Gasteiger partial charge >= 0.3 is 0 Å². The highest BCUT2D eigenvalue weighted by atomic mass is 79.9. The number of rotatable bonds is 1. The van der Waals surface area contributed by atoms with Crippen molar-refractivity contribution in [3.05, 3.63) is 33.8 Å². The molecule has 0 aliphatic heterocycles. The summed E-state index contributed by atoms with van der Waals surface area (Å²) in [6.07, 6.45) is 2.80. The molecule has 2 atom stereocenters. The summed E-state index contributed by atoms with van der Waals surface area (Å²) in [6, 6.07) is 2.43. The van der Waals surface area contributed by atoms with Gasteiger partial charge in [0.25, 0.3) is 0 Å². The summed E-state index contributed by atoms with van der Waals surface area (Å²) >= 11 is 3.03. The van der Waals surface area contributed by atoms with Gasteiger partial charge in [0.15, 0.2) is 0 Å². The van der Waals surface area contributed by atoms with Crippen molar-refractivity contribution in [2.24, 2.45) is 11.8 Å². The zero-order valence-electron chi connectivity index (χ0n) is 8.51. The first-order valence-electron chi connectivity index (χ1n) is 5.42. The summed E-state index contributed by atoms with van der Waals surface area (Å²) in [6.45, 7) is 0. The third-order valence-electron chi connectivity index (χ3n) is 3.94. The average Bonchev–Trinajstić information content (AvgIpc) is 2.61. The Morgan fingerprint density at radius 3 is 2.19 bits per heavy atom. The van der Waals surface area contributed by atoms with Crippen LogP contribution >= 0.6 is 15.9 Å². The molecule has 0 bridgehead atoms. The molecule has 1 nitrogen and oxygen atoms in total. The lowest BCUT2D eigenvalue weighted by Crippen LogP contribution is -2.17. The second kappa shape index (κ2) is 3.26. The molecule has 2 saturated carbocycles. The SMILES string of the molecule is OC1(c2c(F)cc(Br)cc2F)C2CCCC21. The first-order chi connectivity index (χ1) is 7.55. The van der Waals surface area contributed by atoms with Crippen LogP contribution in [-0.4, -0.2) is 5.11 Å². The summed E-state index contributed by atoms with van der Waals surface area (Å²) in [7, 11) is 0. The minimum absolute atomic E-state index is 0.0534. The van der Waals surface area contributed by atoms with E-state index in [1.54, 1.807) is 0 Å². The Hall–Kier alpha value is -0.480. The standard InChI is InChI=1S/C12H11BrF2O/c13-6-4-9(14)11(10(15)5-6)12(16)7-2-1-3-8(7)12/h4-5,7-8,16H,1-3H2. The van der Waals surface area contributed by atoms with E-state index in [1.807, 2.05) is 0 Å². The summed E-state index contributed by atoms with van der Waals surface area (Å²) in [5.41, 5.74) is -1.38. The van der Waals surface area contributed by atoms with Gasteiger partial charge in [-0.25, -0.2) is 8.78 Å². The first-order valence-corrected chi connectivity index (χ1v) is 6.22. The largest absolute Gasteiger partial charge is 0.384 e. The van der Waals surface area contributed by atoms with E-state index in [4.69, 9.17) is 0 Å². The maximum Gasteiger partial charge on any atom is 0.133 e. The molecule has 16 heavy (non-hydrogen) atoms. The topological polar surface area (TPSA) is 20.2 Å². The summed E-state index contributed by atoms with van der Waals surface area (Å²) in [4.78, 5) is 0. The molecule has 0 radical (unpaired) electrons. The lowest BCUT2D eigenvalue weighted by Gasteiger charge is -2.16. The van der Waals surface area contributed by atoms with E-state index >= 15 is 0 Å². The molecular weight excluding hydrogens is 278 g/mol. The van der Waals surface area contributed by atoms with Gasteiger partial charge in [-0.2, -0.15) is 0 Å². The van der Waals surface area contributed by atoms with Gasteiger partial charge in [-0.1, -0.05) is 22.4 Å². The van der Waals surface area contributed by atoms with Gasteiger partial charge in [-0.05, 0) is 36.8 Å². The molecule has 0 saturated heterocycles. The van der Waals surface area contributed by atoms with Crippen molar-refractivity contribution in [3.63, 3.8) is 0 Å². The van der Waals surface area contributed by atoms with Crippen LogP contribution < -0.4 is 0 Å². The molecule has 2 fully saturated rings. The number of hydrogen-bond donors (Lipinski definition) is 1. The maximum atomic E-state index is 13.7. The van der Waals surface area contributed by atoms with Crippen LogP contribution in [0.5, 0.6) is 0 Å². The molecule has 86 valence electrons. The Bertz CT molecular complexity index is 427. The van der Waals surface area contributed by atoms with E-state index in [-0.39, 0.29) is 17.4 Å². The van der Waals surface area contributed by atoms with E-state index < -0.39 is 17.2 Å². The number of hydrogen-bond acceptors (Lipinski definition) is 1. The molecular formula is C12H11BrF2O. The van der Waals surface area contributed by atoms with E-state index in [9.17, 15) is 13.9 Å². The van der Waals surface area contributed by atoms with Crippen LogP contribution in [0, 0.1) is 23.5 Å². The highest BCUT2D eigenvalue weighted by Gasteiger charge is 2.68. The van der Waals surface area contributed by atoms with Gasteiger partial charge in [-0.15, -0.1) is 0 Å². The average molecular weight is 289 g/mol. The van der Waals surface area contributed by atoms with Crippen LogP contribution in [0.15, 0.2) is 16.6 Å². The van der Waals surface area contributed by atoms with Crippen LogP contribution in [-0.2, 0) is 5.60 Å². The predicted octanol–water partition coefficient (Wildman–Crippen LogP) is 3.34. The zero-order valence-corrected chi connectivity index (χ0v) is 10.1. The third-order valence-corrected chi connectivity index (χ3v) is 4.40. The minimum atomic E-state index is -1.24. The van der Waals surface area contributed by atoms with Gasteiger partial charge in [0.05, 0.1) is 5.56 Å². The van der Waals surface area contributed by atoms with Gasteiger partial charge in [0.2, 0.25) is 0 Å². The predicted molar refractivity (Wildman–Crippen MR) is 58.8 cm³/mol. The van der Waals surface area contributed by atoms with Gasteiger partial charge < -0.3 is 5.11 Å². The molecule has 2 unspecified atom stereocenters. The fourth-order valence-electron chi connectivity index (χ4n) is 3.22. The molecule has 0 aromatic heterocycles. The Kier molecular flexibility index (Phi) is 2.17. The fraction of sp³-hybridized carbons (Fsp3) is 0.500. The van der Waals surface area contributed by atoms with Crippen LogP contribution in [0.2, 0.25) is 0 Å². The second-order valence-electron chi connectivity index (χ2n) is 4.71. The summed E-state index contributed by atoms with van der Waals surface area (Å²) in [5.74, 6) is -1.19. The number of benzene rings is 1. The van der Waals surface area contributed by atoms with Crippen LogP contribution in [0.1, 0.15) is 24.8 Å². The van der Waals surface area contributed by atoms with Crippen molar-refractivity contribution >= 4 is 15.9 Å². The smallest absolute Gasteiger partial charge is 0.133 e. The van der Waals surface area contributed by atoms with Crippen molar-refractivity contribution in [1.82, 2.24) is 0 Å². The molecule has 2 aliphatic rings. The molecule has 0 heterocycles. The van der Waals surface area contributed by atoms with E-state index in [1.165, 1.54) is 12.1 Å². The van der Waals surface area contributed by atoms with Gasteiger partial charge in [-0.3, -0.25) is 0 Å². The third kappa shape index (κ3) is 1.23. The van der Waals surface area contributed by atoms with Crippen LogP contribution in [0.4, 0.5) is 8.78 Å². The molecule has 3 rings (SSSR count). The quantitative estimate of drug-likeness (QED) is 0.840. The summed E-state index contributed by atoms with van der Waals surface area (Å²) < 4.78 is 27.8. The highest BCUT2D eigenvalue weighted by molar-refractivity contribution is 9.10. The Morgan fingerprint density at radius 2 is 1.69 bits per heavy atom. The first kappa shape index (κ1) is 10.7. The molecule has 0 spiro atoms. The Balaban J connectivity index is 2.08. The molecule has 2 aliphatic carbocycles. The normalized spacial score (nSPS) is 36.2. The zero-order chi connectivity index (χ0) is 11.5. The van der Waals surface area contributed by atoms with Crippen LogP contribution in [0.25, 0.3) is 0 Å². The highest BCUT2D eigenvalue weighted by Crippen LogP contribution is 2.66. The Morgan fingerprint density at radius 1 is 1.19 bits per heavy atom. The van der Waals surface area contributed by atoms with Crippen molar-refractivity contribution < 1.29 is 13.9 Å². The number of aliphatic hydroxyl groups is 1. The van der Waals surface area contributed by atoms with Crippen molar-refractivity contribution in [2.75, 3.05) is 0 Å². The fourth-order valence-corrected chi connectivity index (χ4v) is 3.62. The van der Waals surface area contributed by atoms with Crippen molar-refractivity contribution in [2.45, 2.75) is 24.9 Å². The second-order valence-corrected chi connectivity index (χ2v) is 5.63. The summed E-state index contributed by atoms with van der Waals surface area (Å²) in [5, 5.41) is 10.3. The molecule has 1 aromatic rings. The van der Waals surface area contributed by atoms with Gasteiger partial charge in [0.1, 0.15) is 17.2 Å². The molecule has 4 heteroatoms. The minimum Gasteiger partial charge on any atom is -0.384 e. The van der Waals surface area contributed by atoms with E-state index in [0.717, 1.165) is 19.3 Å². The molecule has 1 aromatic carbocycles. The maximum absolute atomic E-state index is 13.7. The van der Waals surface area contributed by atoms with Gasteiger partial charge in [0, 0.05) is 4.47 Å².